The predicted molar refractivity (Wildman–Crippen MR) is 115 cm³/mol. The van der Waals surface area contributed by atoms with Gasteiger partial charge in [0, 0.05) is 25.3 Å². The van der Waals surface area contributed by atoms with Crippen molar-refractivity contribution in [1.29, 1.82) is 0 Å². The fourth-order valence-corrected chi connectivity index (χ4v) is 3.41. The van der Waals surface area contributed by atoms with E-state index in [1.165, 1.54) is 12.1 Å². The zero-order valence-electron chi connectivity index (χ0n) is 17.4. The van der Waals surface area contributed by atoms with Gasteiger partial charge in [-0.05, 0) is 56.2 Å². The van der Waals surface area contributed by atoms with Crippen molar-refractivity contribution in [3.05, 3.63) is 54.1 Å². The Morgan fingerprint density at radius 1 is 0.933 bits per heavy atom. The number of aryl methyl sites for hydroxylation is 1. The molecule has 2 aromatic carbocycles. The fourth-order valence-electron chi connectivity index (χ4n) is 2.52. The minimum absolute atomic E-state index is 0.0709. The van der Waals surface area contributed by atoms with E-state index in [2.05, 4.69) is 5.32 Å². The second-order valence-corrected chi connectivity index (χ2v) is 8.34. The van der Waals surface area contributed by atoms with E-state index in [4.69, 9.17) is 13.7 Å². The fraction of sp³-hybridized carbons (Fsp3) is 0.409. The van der Waals surface area contributed by atoms with Crippen LogP contribution in [-0.4, -0.2) is 40.8 Å². The third-order valence-corrected chi connectivity index (χ3v) is 5.41. The molecule has 164 valence electrons. The Morgan fingerprint density at radius 2 is 1.63 bits per heavy atom. The molecule has 0 spiro atoms. The summed E-state index contributed by atoms with van der Waals surface area (Å²) in [5, 5.41) is 2.82. The highest BCUT2D eigenvalue weighted by Crippen LogP contribution is 2.17. The van der Waals surface area contributed by atoms with Crippen LogP contribution in [-0.2, 0) is 23.8 Å². The molecule has 0 saturated heterocycles. The van der Waals surface area contributed by atoms with Gasteiger partial charge < -0.3 is 14.8 Å². The van der Waals surface area contributed by atoms with Crippen LogP contribution >= 0.6 is 0 Å². The van der Waals surface area contributed by atoms with Crippen molar-refractivity contribution < 1.29 is 26.9 Å². The van der Waals surface area contributed by atoms with Gasteiger partial charge >= 0.3 is 0 Å². The third-order valence-electron chi connectivity index (χ3n) is 4.08. The van der Waals surface area contributed by atoms with Crippen LogP contribution in [0.25, 0.3) is 0 Å². The summed E-state index contributed by atoms with van der Waals surface area (Å²) < 4.78 is 40.1. The molecule has 1 N–H and O–H groups in total. The van der Waals surface area contributed by atoms with E-state index in [1.807, 2.05) is 13.8 Å². The zero-order valence-corrected chi connectivity index (χ0v) is 18.2. The second-order valence-electron chi connectivity index (χ2n) is 6.73. The Hall–Kier alpha value is -2.42. The normalized spacial score (nSPS) is 11.3. The van der Waals surface area contributed by atoms with Crippen molar-refractivity contribution >= 4 is 21.7 Å². The number of benzene rings is 2. The minimum atomic E-state index is -3.80. The molecule has 0 atom stereocenters. The SMILES string of the molecule is CCCOCCCC(=O)Nc1ccc(OCCOS(=O)(=O)c2ccc(C)cc2)cc1. The van der Waals surface area contributed by atoms with Crippen LogP contribution < -0.4 is 10.1 Å². The molecule has 2 rings (SSSR count). The van der Waals surface area contributed by atoms with Gasteiger partial charge in [-0.25, -0.2) is 0 Å². The first-order valence-electron chi connectivity index (χ1n) is 9.97. The zero-order chi connectivity index (χ0) is 21.8. The lowest BCUT2D eigenvalue weighted by molar-refractivity contribution is -0.116. The summed E-state index contributed by atoms with van der Waals surface area (Å²) in [5.74, 6) is 0.482. The van der Waals surface area contributed by atoms with Crippen molar-refractivity contribution in [2.45, 2.75) is 38.0 Å². The summed E-state index contributed by atoms with van der Waals surface area (Å²) in [6, 6.07) is 13.3. The van der Waals surface area contributed by atoms with Gasteiger partial charge in [-0.3, -0.25) is 8.98 Å². The Kier molecular flexibility index (Phi) is 9.79. The summed E-state index contributed by atoms with van der Waals surface area (Å²) >= 11 is 0. The third kappa shape index (κ3) is 8.52. The smallest absolute Gasteiger partial charge is 0.297 e. The minimum Gasteiger partial charge on any atom is -0.491 e. The average Bonchev–Trinajstić information content (AvgIpc) is 2.72. The Bertz CT molecular complexity index is 879. The molecule has 1 amide bonds. The summed E-state index contributed by atoms with van der Waals surface area (Å²) in [4.78, 5) is 12.0. The Labute approximate surface area is 178 Å². The number of carbonyl (C=O) groups excluding carboxylic acids is 1. The van der Waals surface area contributed by atoms with Crippen molar-refractivity contribution in [2.24, 2.45) is 0 Å². The summed E-state index contributed by atoms with van der Waals surface area (Å²) in [6.45, 7) is 5.19. The Morgan fingerprint density at radius 3 is 2.30 bits per heavy atom. The van der Waals surface area contributed by atoms with Gasteiger partial charge in [-0.2, -0.15) is 8.42 Å². The molecule has 0 saturated carbocycles. The topological polar surface area (TPSA) is 90.9 Å². The number of amides is 1. The van der Waals surface area contributed by atoms with Crippen molar-refractivity contribution in [3.63, 3.8) is 0 Å². The number of nitrogens with one attached hydrogen (secondary N) is 1. The summed E-state index contributed by atoms with van der Waals surface area (Å²) in [6.07, 6.45) is 2.04. The lowest BCUT2D eigenvalue weighted by atomic mass is 10.2. The number of carbonyl (C=O) groups is 1. The molecule has 30 heavy (non-hydrogen) atoms. The van der Waals surface area contributed by atoms with E-state index in [9.17, 15) is 13.2 Å². The molecule has 0 fully saturated rings. The maximum Gasteiger partial charge on any atom is 0.297 e. The highest BCUT2D eigenvalue weighted by molar-refractivity contribution is 7.86. The summed E-state index contributed by atoms with van der Waals surface area (Å²) in [7, 11) is -3.80. The van der Waals surface area contributed by atoms with E-state index < -0.39 is 10.1 Å². The molecular formula is C22H29NO6S. The van der Waals surface area contributed by atoms with E-state index in [-0.39, 0.29) is 24.0 Å². The maximum absolute atomic E-state index is 12.1. The van der Waals surface area contributed by atoms with E-state index in [0.717, 1.165) is 12.0 Å². The van der Waals surface area contributed by atoms with Crippen molar-refractivity contribution in [2.75, 3.05) is 31.7 Å². The standard InChI is InChI=1S/C22H29NO6S/c1-3-14-27-15-4-5-22(24)23-19-8-10-20(11-9-19)28-16-17-29-30(25,26)21-12-6-18(2)7-13-21/h6-13H,3-5,14-17H2,1-2H3,(H,23,24). The average molecular weight is 436 g/mol. The largest absolute Gasteiger partial charge is 0.491 e. The van der Waals surface area contributed by atoms with Crippen molar-refractivity contribution in [1.82, 2.24) is 0 Å². The number of hydrogen-bond donors (Lipinski definition) is 1. The van der Waals surface area contributed by atoms with Gasteiger partial charge in [0.25, 0.3) is 10.1 Å². The lowest BCUT2D eigenvalue weighted by Gasteiger charge is -2.09. The van der Waals surface area contributed by atoms with Gasteiger partial charge in [0.15, 0.2) is 0 Å². The van der Waals surface area contributed by atoms with E-state index in [0.29, 0.717) is 37.5 Å². The maximum atomic E-state index is 12.1. The van der Waals surface area contributed by atoms with Gasteiger partial charge in [0.2, 0.25) is 5.91 Å². The highest BCUT2D eigenvalue weighted by Gasteiger charge is 2.14. The highest BCUT2D eigenvalue weighted by atomic mass is 32.2. The first-order chi connectivity index (χ1) is 14.4. The molecule has 0 bridgehead atoms. The number of ether oxygens (including phenoxy) is 2. The predicted octanol–water partition coefficient (Wildman–Crippen LogP) is 3.92. The monoisotopic (exact) mass is 435 g/mol. The number of anilines is 1. The van der Waals surface area contributed by atoms with Gasteiger partial charge in [0.1, 0.15) is 19.0 Å². The lowest BCUT2D eigenvalue weighted by Crippen LogP contribution is -2.13. The van der Waals surface area contributed by atoms with Crippen LogP contribution in [0.5, 0.6) is 5.75 Å². The van der Waals surface area contributed by atoms with Crippen LogP contribution in [0.15, 0.2) is 53.4 Å². The van der Waals surface area contributed by atoms with Crippen LogP contribution in [0.3, 0.4) is 0 Å². The van der Waals surface area contributed by atoms with Crippen LogP contribution in [0, 0.1) is 6.92 Å². The first-order valence-corrected chi connectivity index (χ1v) is 11.4. The van der Waals surface area contributed by atoms with Crippen LogP contribution in [0.2, 0.25) is 0 Å². The van der Waals surface area contributed by atoms with Crippen LogP contribution in [0.4, 0.5) is 5.69 Å². The number of rotatable bonds is 13. The molecule has 0 radical (unpaired) electrons. The molecule has 0 aliphatic carbocycles. The first kappa shape index (κ1) is 23.9. The molecule has 0 heterocycles. The molecular weight excluding hydrogens is 406 g/mol. The molecule has 0 aliphatic rings. The van der Waals surface area contributed by atoms with E-state index >= 15 is 0 Å². The molecule has 0 unspecified atom stereocenters. The number of hydrogen-bond acceptors (Lipinski definition) is 6. The second kappa shape index (κ2) is 12.3. The Balaban J connectivity index is 1.69. The van der Waals surface area contributed by atoms with Crippen LogP contribution in [0.1, 0.15) is 31.7 Å². The van der Waals surface area contributed by atoms with Gasteiger partial charge in [-0.15, -0.1) is 0 Å². The van der Waals surface area contributed by atoms with Gasteiger partial charge in [0.05, 0.1) is 4.90 Å². The van der Waals surface area contributed by atoms with Crippen molar-refractivity contribution in [3.8, 4) is 5.75 Å². The molecule has 0 aliphatic heterocycles. The molecule has 7 nitrogen and oxygen atoms in total. The van der Waals surface area contributed by atoms with E-state index in [1.54, 1.807) is 36.4 Å². The molecule has 0 aromatic heterocycles. The molecule has 8 heteroatoms. The molecule has 2 aromatic rings. The quantitative estimate of drug-likeness (QED) is 0.379. The summed E-state index contributed by atoms with van der Waals surface area (Å²) in [5.41, 5.74) is 1.64. The van der Waals surface area contributed by atoms with Gasteiger partial charge in [-0.1, -0.05) is 24.6 Å².